The summed E-state index contributed by atoms with van der Waals surface area (Å²) in [4.78, 5) is 11.9. The summed E-state index contributed by atoms with van der Waals surface area (Å²) < 4.78 is 31.4. The van der Waals surface area contributed by atoms with E-state index in [-0.39, 0.29) is 17.7 Å². The van der Waals surface area contributed by atoms with E-state index in [4.69, 9.17) is 4.74 Å². The van der Waals surface area contributed by atoms with Gasteiger partial charge in [-0.3, -0.25) is 4.79 Å². The molecular weight excluding hydrogens is 240 g/mol. The number of carbonyl (C=O) groups is 1. The van der Waals surface area contributed by atoms with Crippen LogP contribution in [0.2, 0.25) is 0 Å². The van der Waals surface area contributed by atoms with Gasteiger partial charge in [0.15, 0.2) is 0 Å². The van der Waals surface area contributed by atoms with Gasteiger partial charge in [0.25, 0.3) is 5.91 Å². The second-order valence-electron chi connectivity index (χ2n) is 4.84. The first-order valence-electron chi connectivity index (χ1n) is 6.02. The summed E-state index contributed by atoms with van der Waals surface area (Å²) in [5.41, 5.74) is 0.0230. The standard InChI is InChI=1S/C13H13F2NO2/c14-8-3-7(4-9(15)5-8)13(17)16-11-6-12-10(11)1-2-18-12/h3-5,10-12H,1-2,6H2,(H,16,17)/t10-,11+,12+/m0/s1. The van der Waals surface area contributed by atoms with E-state index in [1.807, 2.05) is 0 Å². The second-order valence-corrected chi connectivity index (χ2v) is 4.84. The number of hydrogen-bond donors (Lipinski definition) is 1. The minimum absolute atomic E-state index is 0.0230. The first kappa shape index (κ1) is 11.6. The van der Waals surface area contributed by atoms with E-state index in [1.54, 1.807) is 0 Å². The molecule has 5 heteroatoms. The SMILES string of the molecule is O=C(N[C@@H]1C[C@H]2OCC[C@@H]12)c1cc(F)cc(F)c1. The lowest BCUT2D eigenvalue weighted by atomic mass is 9.76. The lowest BCUT2D eigenvalue weighted by Gasteiger charge is -2.39. The van der Waals surface area contributed by atoms with Gasteiger partial charge in [0.2, 0.25) is 0 Å². The average molecular weight is 253 g/mol. The zero-order valence-corrected chi connectivity index (χ0v) is 9.66. The van der Waals surface area contributed by atoms with Crippen molar-refractivity contribution in [3.63, 3.8) is 0 Å². The summed E-state index contributed by atoms with van der Waals surface area (Å²) >= 11 is 0. The molecule has 0 bridgehead atoms. The molecule has 0 unspecified atom stereocenters. The molecule has 2 fully saturated rings. The van der Waals surface area contributed by atoms with Crippen molar-refractivity contribution in [2.75, 3.05) is 6.61 Å². The number of amides is 1. The molecule has 1 saturated carbocycles. The van der Waals surface area contributed by atoms with Crippen LogP contribution in [0.1, 0.15) is 23.2 Å². The molecule has 1 heterocycles. The highest BCUT2D eigenvalue weighted by Gasteiger charge is 2.45. The predicted molar refractivity (Wildman–Crippen MR) is 60.1 cm³/mol. The fourth-order valence-corrected chi connectivity index (χ4v) is 2.70. The van der Waals surface area contributed by atoms with Gasteiger partial charge in [0.05, 0.1) is 6.10 Å². The molecule has 1 aromatic carbocycles. The maximum atomic E-state index is 13.0. The monoisotopic (exact) mass is 253 g/mol. The molecule has 1 aliphatic carbocycles. The van der Waals surface area contributed by atoms with Gasteiger partial charge < -0.3 is 10.1 Å². The van der Waals surface area contributed by atoms with Crippen molar-refractivity contribution in [3.8, 4) is 0 Å². The Morgan fingerprint density at radius 3 is 2.67 bits per heavy atom. The fourth-order valence-electron chi connectivity index (χ4n) is 2.70. The van der Waals surface area contributed by atoms with Crippen molar-refractivity contribution in [1.82, 2.24) is 5.32 Å². The van der Waals surface area contributed by atoms with Gasteiger partial charge in [-0.05, 0) is 25.0 Å². The maximum Gasteiger partial charge on any atom is 0.251 e. The number of hydrogen-bond acceptors (Lipinski definition) is 2. The van der Waals surface area contributed by atoms with Crippen molar-refractivity contribution in [3.05, 3.63) is 35.4 Å². The lowest BCUT2D eigenvalue weighted by molar-refractivity contribution is 0.00808. The quantitative estimate of drug-likeness (QED) is 0.873. The molecule has 1 aromatic rings. The van der Waals surface area contributed by atoms with E-state index in [0.717, 1.165) is 37.6 Å². The number of ether oxygens (including phenoxy) is 1. The number of halogens is 2. The summed E-state index contributed by atoms with van der Waals surface area (Å²) in [5, 5.41) is 2.81. The molecule has 96 valence electrons. The Morgan fingerprint density at radius 2 is 2.00 bits per heavy atom. The highest BCUT2D eigenvalue weighted by atomic mass is 19.1. The van der Waals surface area contributed by atoms with Crippen LogP contribution in [-0.2, 0) is 4.74 Å². The fraction of sp³-hybridized carbons (Fsp3) is 0.462. The molecule has 1 aliphatic heterocycles. The van der Waals surface area contributed by atoms with Crippen LogP contribution in [-0.4, -0.2) is 24.7 Å². The van der Waals surface area contributed by atoms with E-state index >= 15 is 0 Å². The van der Waals surface area contributed by atoms with E-state index in [2.05, 4.69) is 5.32 Å². The number of rotatable bonds is 2. The molecule has 0 spiro atoms. The van der Waals surface area contributed by atoms with Crippen LogP contribution in [0.4, 0.5) is 8.78 Å². The number of benzene rings is 1. The van der Waals surface area contributed by atoms with Gasteiger partial charge in [-0.2, -0.15) is 0 Å². The molecule has 3 rings (SSSR count). The maximum absolute atomic E-state index is 13.0. The van der Waals surface area contributed by atoms with Crippen LogP contribution in [0.25, 0.3) is 0 Å². The van der Waals surface area contributed by atoms with E-state index in [9.17, 15) is 13.6 Å². The molecule has 3 nitrogen and oxygen atoms in total. The van der Waals surface area contributed by atoms with Crippen molar-refractivity contribution in [2.24, 2.45) is 5.92 Å². The van der Waals surface area contributed by atoms with Gasteiger partial charge in [-0.25, -0.2) is 8.78 Å². The zero-order valence-electron chi connectivity index (χ0n) is 9.66. The highest BCUT2D eigenvalue weighted by Crippen LogP contribution is 2.38. The van der Waals surface area contributed by atoms with Gasteiger partial charge >= 0.3 is 0 Å². The Hall–Kier alpha value is -1.49. The molecular formula is C13H13F2NO2. The van der Waals surface area contributed by atoms with Gasteiger partial charge in [-0.15, -0.1) is 0 Å². The van der Waals surface area contributed by atoms with Crippen molar-refractivity contribution in [2.45, 2.75) is 25.0 Å². The third-order valence-corrected chi connectivity index (χ3v) is 3.70. The number of fused-ring (bicyclic) bond motifs is 1. The summed E-state index contributed by atoms with van der Waals surface area (Å²) in [5.74, 6) is -1.55. The van der Waals surface area contributed by atoms with Crippen LogP contribution < -0.4 is 5.32 Å². The Kier molecular flexibility index (Phi) is 2.78. The highest BCUT2D eigenvalue weighted by molar-refractivity contribution is 5.94. The first-order chi connectivity index (χ1) is 8.63. The van der Waals surface area contributed by atoms with E-state index < -0.39 is 17.5 Å². The van der Waals surface area contributed by atoms with E-state index in [1.165, 1.54) is 0 Å². The van der Waals surface area contributed by atoms with Gasteiger partial charge in [0, 0.05) is 30.2 Å². The number of carbonyl (C=O) groups excluding carboxylic acids is 1. The van der Waals surface area contributed by atoms with Crippen molar-refractivity contribution in [1.29, 1.82) is 0 Å². The third-order valence-electron chi connectivity index (χ3n) is 3.70. The van der Waals surface area contributed by atoms with Crippen molar-refractivity contribution < 1.29 is 18.3 Å². The molecule has 1 amide bonds. The largest absolute Gasteiger partial charge is 0.378 e. The third kappa shape index (κ3) is 1.99. The molecule has 0 radical (unpaired) electrons. The summed E-state index contributed by atoms with van der Waals surface area (Å²) in [7, 11) is 0. The molecule has 2 aliphatic rings. The Balaban J connectivity index is 1.68. The van der Waals surface area contributed by atoms with Crippen LogP contribution in [0.3, 0.4) is 0 Å². The predicted octanol–water partition coefficient (Wildman–Crippen LogP) is 1.87. The minimum Gasteiger partial charge on any atom is -0.378 e. The first-order valence-corrected chi connectivity index (χ1v) is 6.02. The van der Waals surface area contributed by atoms with Crippen LogP contribution >= 0.6 is 0 Å². The van der Waals surface area contributed by atoms with Crippen LogP contribution in [0, 0.1) is 17.6 Å². The van der Waals surface area contributed by atoms with Crippen LogP contribution in [0.15, 0.2) is 18.2 Å². The summed E-state index contributed by atoms with van der Waals surface area (Å²) in [6, 6.07) is 2.90. The molecule has 18 heavy (non-hydrogen) atoms. The zero-order chi connectivity index (χ0) is 12.7. The Labute approximate surface area is 103 Å². The normalized spacial score (nSPS) is 29.6. The Morgan fingerprint density at radius 1 is 1.28 bits per heavy atom. The smallest absolute Gasteiger partial charge is 0.251 e. The average Bonchev–Trinajstić information content (AvgIpc) is 2.66. The Bertz CT molecular complexity index is 472. The van der Waals surface area contributed by atoms with Crippen LogP contribution in [0.5, 0.6) is 0 Å². The van der Waals surface area contributed by atoms with Gasteiger partial charge in [0.1, 0.15) is 11.6 Å². The summed E-state index contributed by atoms with van der Waals surface area (Å²) in [6.45, 7) is 0.732. The van der Waals surface area contributed by atoms with Gasteiger partial charge in [-0.1, -0.05) is 0 Å². The van der Waals surface area contributed by atoms with E-state index in [0.29, 0.717) is 5.92 Å². The molecule has 1 saturated heterocycles. The summed E-state index contributed by atoms with van der Waals surface area (Å²) in [6.07, 6.45) is 1.97. The topological polar surface area (TPSA) is 38.3 Å². The minimum atomic E-state index is -0.740. The van der Waals surface area contributed by atoms with Crippen molar-refractivity contribution >= 4 is 5.91 Å². The molecule has 0 aromatic heterocycles. The molecule has 1 N–H and O–H groups in total. The molecule has 3 atom stereocenters. The number of nitrogens with one attached hydrogen (secondary N) is 1. The lowest BCUT2D eigenvalue weighted by Crippen LogP contribution is -2.53. The second kappa shape index (κ2) is 4.31.